The molecule has 2 aromatic heterocycles. The molecule has 0 radical (unpaired) electrons. The number of rotatable bonds is 4. The van der Waals surface area contributed by atoms with Crippen molar-refractivity contribution in [3.05, 3.63) is 24.0 Å². The van der Waals surface area contributed by atoms with Gasteiger partial charge in [-0.1, -0.05) is 0 Å². The smallest absolute Gasteiger partial charge is 0.342 e. The number of aromatic nitrogens is 2. The Kier molecular flexibility index (Phi) is 3.23. The first-order valence-corrected chi connectivity index (χ1v) is 10.2. The van der Waals surface area contributed by atoms with Crippen molar-refractivity contribution in [2.45, 2.75) is 62.7 Å². The predicted molar refractivity (Wildman–Crippen MR) is 100 cm³/mol. The maximum atomic E-state index is 12.7. The molecule has 2 heterocycles. The molecule has 0 aliphatic heterocycles. The molecule has 4 bridgehead atoms. The van der Waals surface area contributed by atoms with Crippen LogP contribution in [-0.2, 0) is 4.74 Å². The fraction of sp³-hybridized carbons (Fsp3) is 0.619. The average Bonchev–Trinajstić information content (AvgIpc) is 3.29. The van der Waals surface area contributed by atoms with Crippen LogP contribution in [0.5, 0.6) is 0 Å². The molecule has 0 aromatic carbocycles. The van der Waals surface area contributed by atoms with Crippen LogP contribution in [0.4, 0.5) is 5.69 Å². The zero-order chi connectivity index (χ0) is 18.2. The summed E-state index contributed by atoms with van der Waals surface area (Å²) in [6.07, 6.45) is 10.6. The van der Waals surface area contributed by atoms with Gasteiger partial charge in [-0.2, -0.15) is 0 Å². The van der Waals surface area contributed by atoms with Gasteiger partial charge in [-0.3, -0.25) is 0 Å². The summed E-state index contributed by atoms with van der Waals surface area (Å²) in [4.78, 5) is 20.3. The minimum absolute atomic E-state index is 0.0719. The Morgan fingerprint density at radius 2 is 2.04 bits per heavy atom. The summed E-state index contributed by atoms with van der Waals surface area (Å²) in [5, 5.41) is 15.5. The number of nitrogens with zero attached hydrogens (tertiary/aromatic N) is 1. The Morgan fingerprint density at radius 3 is 2.74 bits per heavy atom. The van der Waals surface area contributed by atoms with E-state index >= 15 is 0 Å². The first kappa shape index (κ1) is 15.9. The fourth-order valence-electron chi connectivity index (χ4n) is 6.10. The minimum atomic E-state index is -0.454. The highest BCUT2D eigenvalue weighted by Crippen LogP contribution is 2.56. The number of aliphatic hydroxyl groups is 1. The molecule has 3 N–H and O–H groups in total. The third kappa shape index (κ3) is 2.57. The van der Waals surface area contributed by atoms with Gasteiger partial charge >= 0.3 is 5.97 Å². The van der Waals surface area contributed by atoms with Gasteiger partial charge < -0.3 is 20.1 Å². The number of ether oxygens (including phenoxy) is 1. The molecule has 6 heteroatoms. The first-order chi connectivity index (χ1) is 13.1. The van der Waals surface area contributed by atoms with E-state index in [0.717, 1.165) is 48.8 Å². The number of esters is 1. The first-order valence-electron chi connectivity index (χ1n) is 10.2. The fourth-order valence-corrected chi connectivity index (χ4v) is 6.10. The van der Waals surface area contributed by atoms with Gasteiger partial charge in [0.15, 0.2) is 0 Å². The molecule has 0 saturated heterocycles. The number of aromatic amines is 1. The van der Waals surface area contributed by atoms with Gasteiger partial charge in [-0.25, -0.2) is 9.78 Å². The highest BCUT2D eigenvalue weighted by Gasteiger charge is 2.54. The second-order valence-electron chi connectivity index (χ2n) is 9.26. The van der Waals surface area contributed by atoms with Crippen molar-refractivity contribution in [2.75, 3.05) is 5.32 Å². The molecule has 27 heavy (non-hydrogen) atoms. The quantitative estimate of drug-likeness (QED) is 0.722. The lowest BCUT2D eigenvalue weighted by atomic mass is 9.52. The largest absolute Gasteiger partial charge is 0.459 e. The Labute approximate surface area is 157 Å². The second kappa shape index (κ2) is 5.47. The molecule has 142 valence electrons. The number of H-pyrrole nitrogens is 1. The number of hydrogen-bond donors (Lipinski definition) is 3. The topological polar surface area (TPSA) is 87.2 Å². The van der Waals surface area contributed by atoms with Crippen LogP contribution in [0.1, 0.15) is 55.3 Å². The zero-order valence-corrected chi connectivity index (χ0v) is 15.3. The zero-order valence-electron chi connectivity index (χ0n) is 15.3. The summed E-state index contributed by atoms with van der Waals surface area (Å²) in [6.45, 7) is 0. The van der Waals surface area contributed by atoms with Crippen LogP contribution >= 0.6 is 0 Å². The van der Waals surface area contributed by atoms with Gasteiger partial charge in [0.1, 0.15) is 17.3 Å². The van der Waals surface area contributed by atoms with Crippen LogP contribution in [0.2, 0.25) is 0 Å². The number of carbonyl (C=O) groups excluding carboxylic acids is 1. The van der Waals surface area contributed by atoms with Gasteiger partial charge in [0.2, 0.25) is 0 Å². The summed E-state index contributed by atoms with van der Waals surface area (Å²) in [6, 6.07) is 2.28. The van der Waals surface area contributed by atoms with E-state index < -0.39 is 5.60 Å². The lowest BCUT2D eigenvalue weighted by Crippen LogP contribution is -2.59. The van der Waals surface area contributed by atoms with Crippen molar-refractivity contribution in [3.8, 4) is 0 Å². The van der Waals surface area contributed by atoms with E-state index in [1.807, 2.05) is 12.3 Å². The van der Waals surface area contributed by atoms with Crippen molar-refractivity contribution in [2.24, 2.45) is 17.8 Å². The summed E-state index contributed by atoms with van der Waals surface area (Å²) in [7, 11) is 0. The van der Waals surface area contributed by atoms with E-state index in [1.165, 1.54) is 12.8 Å². The molecule has 2 aromatic rings. The molecular weight excluding hydrogens is 342 g/mol. The number of nitrogens with one attached hydrogen (secondary N) is 2. The standard InChI is InChI=1S/C21H25N3O3/c25-20(27-14-1-2-14)16-10-23-19-15(3-4-22-19)18(16)24-17-12-5-11-6-13(17)9-21(26,7-11)8-12/h3-4,10-14,17,26H,1-2,5-9H2,(H2,22,23,24). The maximum absolute atomic E-state index is 12.7. The molecule has 2 atom stereocenters. The molecule has 0 amide bonds. The molecule has 2 unspecified atom stereocenters. The molecule has 6 nitrogen and oxygen atoms in total. The average molecular weight is 367 g/mol. The highest BCUT2D eigenvalue weighted by atomic mass is 16.5. The van der Waals surface area contributed by atoms with Crippen molar-refractivity contribution in [1.82, 2.24) is 9.97 Å². The Balaban J connectivity index is 1.36. The molecular formula is C21H25N3O3. The van der Waals surface area contributed by atoms with Gasteiger partial charge in [-0.15, -0.1) is 0 Å². The Bertz CT molecular complexity index is 903. The molecule has 7 rings (SSSR count). The Hall–Kier alpha value is -2.08. The van der Waals surface area contributed by atoms with Gasteiger partial charge in [0, 0.05) is 23.8 Å². The minimum Gasteiger partial charge on any atom is -0.459 e. The van der Waals surface area contributed by atoms with Crippen LogP contribution in [0, 0.1) is 17.8 Å². The van der Waals surface area contributed by atoms with Crippen molar-refractivity contribution in [1.29, 1.82) is 0 Å². The summed E-state index contributed by atoms with van der Waals surface area (Å²) in [5.41, 5.74) is 1.70. The van der Waals surface area contributed by atoms with Gasteiger partial charge in [0.25, 0.3) is 0 Å². The number of pyridine rings is 1. The highest BCUT2D eigenvalue weighted by molar-refractivity contribution is 6.04. The number of hydrogen-bond acceptors (Lipinski definition) is 5. The third-order valence-electron chi connectivity index (χ3n) is 7.16. The summed E-state index contributed by atoms with van der Waals surface area (Å²) < 4.78 is 5.57. The van der Waals surface area contributed by atoms with Gasteiger partial charge in [0.05, 0.1) is 11.3 Å². The van der Waals surface area contributed by atoms with E-state index in [-0.39, 0.29) is 12.1 Å². The van der Waals surface area contributed by atoms with Gasteiger partial charge in [-0.05, 0) is 68.8 Å². The van der Waals surface area contributed by atoms with Crippen LogP contribution in [-0.4, -0.2) is 38.8 Å². The molecule has 5 aliphatic rings. The van der Waals surface area contributed by atoms with E-state index in [4.69, 9.17) is 4.74 Å². The van der Waals surface area contributed by atoms with E-state index in [0.29, 0.717) is 29.4 Å². The van der Waals surface area contributed by atoms with E-state index in [1.54, 1.807) is 6.20 Å². The molecule has 5 fully saturated rings. The molecule has 5 saturated carbocycles. The number of fused-ring (bicyclic) bond motifs is 1. The lowest BCUT2D eigenvalue weighted by molar-refractivity contribution is -0.129. The third-order valence-corrected chi connectivity index (χ3v) is 7.16. The normalized spacial score (nSPS) is 36.9. The summed E-state index contributed by atoms with van der Waals surface area (Å²) in [5.74, 6) is 1.32. The van der Waals surface area contributed by atoms with Crippen molar-refractivity contribution in [3.63, 3.8) is 0 Å². The van der Waals surface area contributed by atoms with Crippen LogP contribution < -0.4 is 5.32 Å². The van der Waals surface area contributed by atoms with Crippen LogP contribution in [0.15, 0.2) is 18.5 Å². The van der Waals surface area contributed by atoms with E-state index in [2.05, 4.69) is 15.3 Å². The van der Waals surface area contributed by atoms with Crippen molar-refractivity contribution < 1.29 is 14.6 Å². The Morgan fingerprint density at radius 1 is 1.26 bits per heavy atom. The summed E-state index contributed by atoms with van der Waals surface area (Å²) >= 11 is 0. The SMILES string of the molecule is O=C(OC1CC1)c1cnc2[nH]ccc2c1NC1C2CC3CC1CC(O)(C3)C2. The predicted octanol–water partition coefficient (Wildman–Crippen LogP) is 3.23. The van der Waals surface area contributed by atoms with Crippen LogP contribution in [0.3, 0.4) is 0 Å². The molecule has 5 aliphatic carbocycles. The second-order valence-corrected chi connectivity index (χ2v) is 9.26. The molecule has 0 spiro atoms. The number of carbonyl (C=O) groups is 1. The van der Waals surface area contributed by atoms with Crippen LogP contribution in [0.25, 0.3) is 11.0 Å². The lowest BCUT2D eigenvalue weighted by Gasteiger charge is -2.58. The van der Waals surface area contributed by atoms with E-state index in [9.17, 15) is 9.90 Å². The monoisotopic (exact) mass is 367 g/mol. The number of anilines is 1. The van der Waals surface area contributed by atoms with Crippen molar-refractivity contribution >= 4 is 22.7 Å². The maximum Gasteiger partial charge on any atom is 0.342 e.